The van der Waals surface area contributed by atoms with Gasteiger partial charge >= 0.3 is 0 Å². The summed E-state index contributed by atoms with van der Waals surface area (Å²) in [6.45, 7) is 0.652. The average Bonchev–Trinajstić information content (AvgIpc) is 3.35. The van der Waals surface area contributed by atoms with Crippen LogP contribution >= 0.6 is 11.6 Å². The summed E-state index contributed by atoms with van der Waals surface area (Å²) in [5.41, 5.74) is 1.09. The molecule has 1 aliphatic heterocycles. The third-order valence-corrected chi connectivity index (χ3v) is 4.81. The molecule has 134 valence electrons. The number of hydrogen-bond donors (Lipinski definition) is 0. The van der Waals surface area contributed by atoms with E-state index in [4.69, 9.17) is 20.4 Å². The highest BCUT2D eigenvalue weighted by molar-refractivity contribution is 6.30. The van der Waals surface area contributed by atoms with Gasteiger partial charge in [-0.3, -0.25) is 4.79 Å². The van der Waals surface area contributed by atoms with E-state index in [0.29, 0.717) is 23.9 Å². The van der Waals surface area contributed by atoms with Crippen LogP contribution in [-0.4, -0.2) is 27.3 Å². The van der Waals surface area contributed by atoms with Crippen LogP contribution in [0.4, 0.5) is 0 Å². The molecule has 4 rings (SSSR count). The van der Waals surface area contributed by atoms with Crippen LogP contribution in [0, 0.1) is 0 Å². The molecule has 0 saturated carbocycles. The van der Waals surface area contributed by atoms with Crippen molar-refractivity contribution in [2.45, 2.75) is 31.7 Å². The van der Waals surface area contributed by atoms with E-state index in [1.165, 1.54) is 12.6 Å². The number of benzene rings is 1. The minimum Gasteiger partial charge on any atom is -0.443 e. The maximum Gasteiger partial charge on any atom is 0.291 e. The van der Waals surface area contributed by atoms with Gasteiger partial charge in [-0.05, 0) is 37.0 Å². The van der Waals surface area contributed by atoms with Gasteiger partial charge in [0.2, 0.25) is 11.7 Å². The molecule has 0 spiro atoms. The maximum atomic E-state index is 12.7. The summed E-state index contributed by atoms with van der Waals surface area (Å²) in [6.07, 6.45) is 7.87. The van der Waals surface area contributed by atoms with E-state index < -0.39 is 0 Å². The Bertz CT molecular complexity index is 874. The molecule has 0 bridgehead atoms. The molecule has 0 radical (unpaired) electrons. The number of hydrogen-bond acceptors (Lipinski definition) is 5. The van der Waals surface area contributed by atoms with Crippen molar-refractivity contribution in [3.8, 4) is 0 Å². The monoisotopic (exact) mass is 371 g/mol. The standard InChI is InChI=1S/C19H18ClN3O3/c20-14-6-4-13(5-7-14)9-15-10-22-18(26-15)16-3-1-2-8-23(16)19(24)17-11-21-12-25-17/h4-7,10-12,16H,1-3,8-9H2/t16-/m0/s1. The predicted octanol–water partition coefficient (Wildman–Crippen LogP) is 4.27. The molecule has 1 aromatic carbocycles. The Hall–Kier alpha value is -2.60. The first-order chi connectivity index (χ1) is 12.7. The Labute approximate surface area is 155 Å². The van der Waals surface area contributed by atoms with E-state index >= 15 is 0 Å². The molecule has 3 heterocycles. The van der Waals surface area contributed by atoms with Crippen molar-refractivity contribution in [1.82, 2.24) is 14.9 Å². The quantitative estimate of drug-likeness (QED) is 0.684. The molecule has 0 unspecified atom stereocenters. The van der Waals surface area contributed by atoms with Gasteiger partial charge in [-0.1, -0.05) is 23.7 Å². The van der Waals surface area contributed by atoms with Gasteiger partial charge < -0.3 is 13.7 Å². The number of amides is 1. The van der Waals surface area contributed by atoms with Crippen LogP contribution in [0.3, 0.4) is 0 Å². The minimum atomic E-state index is -0.180. The summed E-state index contributed by atoms with van der Waals surface area (Å²) in [6, 6.07) is 7.45. The van der Waals surface area contributed by atoms with Gasteiger partial charge in [-0.25, -0.2) is 9.97 Å². The minimum absolute atomic E-state index is 0.176. The fraction of sp³-hybridized carbons (Fsp3) is 0.316. The van der Waals surface area contributed by atoms with E-state index in [1.807, 2.05) is 24.3 Å². The zero-order valence-corrected chi connectivity index (χ0v) is 14.9. The molecule has 3 aromatic rings. The number of piperidine rings is 1. The van der Waals surface area contributed by atoms with E-state index in [-0.39, 0.29) is 17.7 Å². The van der Waals surface area contributed by atoms with Crippen LogP contribution in [0.15, 0.2) is 51.9 Å². The Balaban J connectivity index is 1.52. The molecule has 6 nitrogen and oxygen atoms in total. The lowest BCUT2D eigenvalue weighted by molar-refractivity contribution is 0.0538. The van der Waals surface area contributed by atoms with Gasteiger partial charge in [0.1, 0.15) is 11.8 Å². The van der Waals surface area contributed by atoms with Crippen molar-refractivity contribution in [3.63, 3.8) is 0 Å². The lowest BCUT2D eigenvalue weighted by Gasteiger charge is -2.33. The number of rotatable bonds is 4. The van der Waals surface area contributed by atoms with Gasteiger partial charge in [0, 0.05) is 18.0 Å². The number of nitrogens with zero attached hydrogens (tertiary/aromatic N) is 3. The fourth-order valence-corrected chi connectivity index (χ4v) is 3.38. The molecule has 7 heteroatoms. The normalized spacial score (nSPS) is 17.4. The van der Waals surface area contributed by atoms with E-state index in [1.54, 1.807) is 11.1 Å². The first-order valence-corrected chi connectivity index (χ1v) is 8.97. The zero-order valence-electron chi connectivity index (χ0n) is 14.1. The highest BCUT2D eigenvalue weighted by Crippen LogP contribution is 2.32. The predicted molar refractivity (Wildman–Crippen MR) is 94.9 cm³/mol. The van der Waals surface area contributed by atoms with E-state index in [2.05, 4.69) is 9.97 Å². The van der Waals surface area contributed by atoms with Crippen LogP contribution < -0.4 is 0 Å². The lowest BCUT2D eigenvalue weighted by atomic mass is 10.0. The van der Waals surface area contributed by atoms with Crippen molar-refractivity contribution in [2.24, 2.45) is 0 Å². The third kappa shape index (κ3) is 3.51. The topological polar surface area (TPSA) is 72.4 Å². The summed E-state index contributed by atoms with van der Waals surface area (Å²) in [5, 5.41) is 0.704. The van der Waals surface area contributed by atoms with Gasteiger partial charge in [0.15, 0.2) is 6.39 Å². The molecule has 0 aliphatic carbocycles. The van der Waals surface area contributed by atoms with Crippen molar-refractivity contribution in [3.05, 3.63) is 71.1 Å². The second-order valence-corrected chi connectivity index (χ2v) is 6.78. The van der Waals surface area contributed by atoms with E-state index in [0.717, 1.165) is 30.6 Å². The second-order valence-electron chi connectivity index (χ2n) is 6.34. The molecule has 0 N–H and O–H groups in total. The van der Waals surface area contributed by atoms with Crippen LogP contribution in [0.25, 0.3) is 0 Å². The average molecular weight is 372 g/mol. The van der Waals surface area contributed by atoms with Crippen molar-refractivity contribution in [2.75, 3.05) is 6.54 Å². The summed E-state index contributed by atoms with van der Waals surface area (Å²) in [4.78, 5) is 22.7. The molecule has 1 saturated heterocycles. The van der Waals surface area contributed by atoms with Gasteiger partial charge in [-0.15, -0.1) is 0 Å². The summed E-state index contributed by atoms with van der Waals surface area (Å²) in [7, 11) is 0. The fourth-order valence-electron chi connectivity index (χ4n) is 3.26. The molecule has 1 aliphatic rings. The second kappa shape index (κ2) is 7.33. The molecule has 1 amide bonds. The molecular formula is C19H18ClN3O3. The summed E-state index contributed by atoms with van der Waals surface area (Å²) >= 11 is 5.92. The number of carbonyl (C=O) groups excluding carboxylic acids is 1. The van der Waals surface area contributed by atoms with Gasteiger partial charge in [-0.2, -0.15) is 0 Å². The van der Waals surface area contributed by atoms with Crippen molar-refractivity contribution >= 4 is 17.5 Å². The summed E-state index contributed by atoms with van der Waals surface area (Å²) < 4.78 is 11.1. The van der Waals surface area contributed by atoms with Crippen molar-refractivity contribution < 1.29 is 13.6 Å². The smallest absolute Gasteiger partial charge is 0.291 e. The molecule has 26 heavy (non-hydrogen) atoms. The Kier molecular flexibility index (Phi) is 4.75. The highest BCUT2D eigenvalue weighted by atomic mass is 35.5. The SMILES string of the molecule is O=C(c1cnco1)N1CCCC[C@H]1c1ncc(Cc2ccc(Cl)cc2)o1. The van der Waals surface area contributed by atoms with Gasteiger partial charge in [0.25, 0.3) is 5.91 Å². The third-order valence-electron chi connectivity index (χ3n) is 4.55. The van der Waals surface area contributed by atoms with E-state index in [9.17, 15) is 4.79 Å². The largest absolute Gasteiger partial charge is 0.443 e. The zero-order chi connectivity index (χ0) is 17.9. The Morgan fingerprint density at radius 3 is 2.85 bits per heavy atom. The first-order valence-electron chi connectivity index (χ1n) is 8.59. The number of likely N-dealkylation sites (tertiary alicyclic amines) is 1. The van der Waals surface area contributed by atoms with Crippen LogP contribution in [0.5, 0.6) is 0 Å². The summed E-state index contributed by atoms with van der Waals surface area (Å²) in [5.74, 6) is 1.40. The number of oxazole rings is 2. The molecular weight excluding hydrogens is 354 g/mol. The molecule has 2 aromatic heterocycles. The lowest BCUT2D eigenvalue weighted by Crippen LogP contribution is -2.38. The number of carbonyl (C=O) groups is 1. The number of halogens is 1. The van der Waals surface area contributed by atoms with Gasteiger partial charge in [0.05, 0.1) is 12.4 Å². The highest BCUT2D eigenvalue weighted by Gasteiger charge is 2.33. The number of aromatic nitrogens is 2. The molecule has 1 fully saturated rings. The molecule has 1 atom stereocenters. The van der Waals surface area contributed by atoms with Crippen LogP contribution in [0.2, 0.25) is 5.02 Å². The van der Waals surface area contributed by atoms with Crippen molar-refractivity contribution in [1.29, 1.82) is 0 Å². The maximum absolute atomic E-state index is 12.7. The van der Waals surface area contributed by atoms with Crippen LogP contribution in [0.1, 0.15) is 53.1 Å². The Morgan fingerprint density at radius 2 is 2.08 bits per heavy atom. The Morgan fingerprint density at radius 1 is 1.23 bits per heavy atom. The van der Waals surface area contributed by atoms with Crippen LogP contribution in [-0.2, 0) is 6.42 Å². The first kappa shape index (κ1) is 16.8.